The highest BCUT2D eigenvalue weighted by atomic mass is 32.2. The number of hydrogen-bond acceptors (Lipinski definition) is 7. The van der Waals surface area contributed by atoms with Gasteiger partial charge >= 0.3 is 0 Å². The molecule has 1 N–H and O–H groups in total. The third kappa shape index (κ3) is 6.77. The number of pyridine rings is 1. The second kappa shape index (κ2) is 12.1. The summed E-state index contributed by atoms with van der Waals surface area (Å²) in [5.74, 6) is -5.71. The van der Waals surface area contributed by atoms with E-state index in [9.17, 15) is 27.4 Å². The number of carbonyl (C=O) groups is 1. The van der Waals surface area contributed by atoms with Gasteiger partial charge in [-0.15, -0.1) is 0 Å². The van der Waals surface area contributed by atoms with Gasteiger partial charge in [0.1, 0.15) is 5.78 Å². The van der Waals surface area contributed by atoms with Gasteiger partial charge < -0.3 is 4.90 Å². The molecule has 0 spiro atoms. The average Bonchev–Trinajstić information content (AvgIpc) is 3.40. The molecule has 5 rings (SSSR count). The SMILES string of the molecule is CC(C)[C@@H](C#N)CC(=O)[C@@H]1CCC(F)(F)C[C@H]1c1nn(-c2ncccc2F)cc1-c1ccc(N2CCS(=N)(=O)CC2)cc1. The molecule has 1 saturated carbocycles. The normalized spacial score (nSPS) is 22.2. The lowest BCUT2D eigenvalue weighted by atomic mass is 9.71. The van der Waals surface area contributed by atoms with E-state index in [2.05, 4.69) is 16.2 Å². The van der Waals surface area contributed by atoms with Gasteiger partial charge in [-0.25, -0.2) is 27.0 Å². The number of carbonyl (C=O) groups excluding carboxylic acids is 1. The molecule has 43 heavy (non-hydrogen) atoms. The van der Waals surface area contributed by atoms with Crippen molar-refractivity contribution in [2.45, 2.75) is 51.4 Å². The number of ketones is 1. The first-order chi connectivity index (χ1) is 20.4. The van der Waals surface area contributed by atoms with Gasteiger partial charge in [0.15, 0.2) is 11.6 Å². The van der Waals surface area contributed by atoms with Crippen molar-refractivity contribution in [1.29, 1.82) is 10.0 Å². The number of alkyl halides is 2. The standard InChI is InChI=1S/C31H35F3N6O2S/c1-20(2)22(18-35)16-28(41)24-9-10-31(33,34)17-25(24)29-26(19-40(38-29)30-27(32)4-3-11-37-30)21-5-7-23(8-6-21)39-12-14-43(36,42)15-13-39/h3-8,11,19-20,22,24-25,36H,9-10,12-17H2,1-2H3/t22-,24-,25-/m1/s1. The summed E-state index contributed by atoms with van der Waals surface area (Å²) in [5.41, 5.74) is 2.28. The van der Waals surface area contributed by atoms with Crippen LogP contribution in [-0.2, 0) is 14.5 Å². The summed E-state index contributed by atoms with van der Waals surface area (Å²) < 4.78 is 65.9. The monoisotopic (exact) mass is 612 g/mol. The summed E-state index contributed by atoms with van der Waals surface area (Å²) in [7, 11) is -2.55. The Labute approximate surface area is 249 Å². The Bertz CT molecular complexity index is 1620. The molecule has 0 amide bonds. The zero-order valence-corrected chi connectivity index (χ0v) is 25.0. The van der Waals surface area contributed by atoms with Crippen molar-refractivity contribution in [3.05, 3.63) is 60.3 Å². The van der Waals surface area contributed by atoms with E-state index >= 15 is 0 Å². The van der Waals surface area contributed by atoms with Crippen LogP contribution >= 0.6 is 0 Å². The van der Waals surface area contributed by atoms with E-state index in [-0.39, 0.29) is 47.6 Å². The first-order valence-corrected chi connectivity index (χ1v) is 16.4. The predicted octanol–water partition coefficient (Wildman–Crippen LogP) is 6.21. The van der Waals surface area contributed by atoms with Crippen molar-refractivity contribution in [1.82, 2.24) is 14.8 Å². The zero-order valence-electron chi connectivity index (χ0n) is 24.2. The highest BCUT2D eigenvalue weighted by Gasteiger charge is 2.46. The molecule has 3 heterocycles. The molecule has 1 saturated heterocycles. The van der Waals surface area contributed by atoms with Crippen molar-refractivity contribution in [3.63, 3.8) is 0 Å². The van der Waals surface area contributed by atoms with Crippen LogP contribution in [0.15, 0.2) is 48.8 Å². The quantitative estimate of drug-likeness (QED) is 0.323. The number of rotatable bonds is 8. The van der Waals surface area contributed by atoms with Gasteiger partial charge in [0.2, 0.25) is 5.92 Å². The molecule has 2 aromatic heterocycles. The lowest BCUT2D eigenvalue weighted by Crippen LogP contribution is -2.39. The Balaban J connectivity index is 1.56. The molecule has 3 aromatic rings. The summed E-state index contributed by atoms with van der Waals surface area (Å²) >= 11 is 0. The van der Waals surface area contributed by atoms with Gasteiger partial charge in [0.05, 0.1) is 17.7 Å². The fraction of sp³-hybridized carbons (Fsp3) is 0.484. The third-order valence-electron chi connectivity index (χ3n) is 8.61. The molecule has 1 aliphatic heterocycles. The van der Waals surface area contributed by atoms with Gasteiger partial charge in [-0.1, -0.05) is 26.0 Å². The lowest BCUT2D eigenvalue weighted by molar-refractivity contribution is -0.129. The van der Waals surface area contributed by atoms with Crippen LogP contribution < -0.4 is 4.90 Å². The van der Waals surface area contributed by atoms with Gasteiger partial charge in [-0.3, -0.25) is 9.57 Å². The van der Waals surface area contributed by atoms with Crippen molar-refractivity contribution in [2.24, 2.45) is 17.8 Å². The number of nitriles is 1. The maximum Gasteiger partial charge on any atom is 0.248 e. The van der Waals surface area contributed by atoms with E-state index in [0.29, 0.717) is 24.2 Å². The van der Waals surface area contributed by atoms with Crippen molar-refractivity contribution in [3.8, 4) is 23.0 Å². The van der Waals surface area contributed by atoms with Gasteiger partial charge in [0.25, 0.3) is 0 Å². The minimum Gasteiger partial charge on any atom is -0.370 e. The van der Waals surface area contributed by atoms with E-state index in [1.165, 1.54) is 23.0 Å². The second-order valence-corrected chi connectivity index (χ2v) is 14.3. The molecule has 3 atom stereocenters. The number of anilines is 1. The van der Waals surface area contributed by atoms with Crippen molar-refractivity contribution < 1.29 is 22.2 Å². The molecule has 12 heteroatoms. The summed E-state index contributed by atoms with van der Waals surface area (Å²) in [4.78, 5) is 19.7. The molecule has 1 aliphatic carbocycles. The maximum atomic E-state index is 15.0. The van der Waals surface area contributed by atoms with Crippen LogP contribution in [-0.4, -0.2) is 55.3 Å². The lowest BCUT2D eigenvalue weighted by Gasteiger charge is -2.35. The first-order valence-electron chi connectivity index (χ1n) is 14.5. The number of nitrogens with one attached hydrogen (secondary N) is 1. The summed E-state index contributed by atoms with van der Waals surface area (Å²) in [5, 5.41) is 14.2. The second-order valence-electron chi connectivity index (χ2n) is 11.9. The Morgan fingerprint density at radius 2 is 1.91 bits per heavy atom. The maximum absolute atomic E-state index is 15.0. The summed E-state index contributed by atoms with van der Waals surface area (Å²) in [6, 6.07) is 12.2. The van der Waals surface area contributed by atoms with E-state index in [1.807, 2.05) is 43.0 Å². The molecule has 0 bridgehead atoms. The number of Topliss-reactive ketones (excluding diaryl/α,β-unsaturated/α-hetero) is 1. The molecule has 2 aliphatic rings. The molecule has 8 nitrogen and oxygen atoms in total. The van der Waals surface area contributed by atoms with Crippen LogP contribution in [0.25, 0.3) is 16.9 Å². The van der Waals surface area contributed by atoms with E-state index in [0.717, 1.165) is 5.69 Å². The summed E-state index contributed by atoms with van der Waals surface area (Å²) in [6.45, 7) is 4.69. The minimum absolute atomic E-state index is 0.0268. The van der Waals surface area contributed by atoms with E-state index in [1.54, 1.807) is 6.20 Å². The Kier molecular flexibility index (Phi) is 8.65. The predicted molar refractivity (Wildman–Crippen MR) is 158 cm³/mol. The van der Waals surface area contributed by atoms with Crippen LogP contribution in [0.4, 0.5) is 18.9 Å². The third-order valence-corrected chi connectivity index (χ3v) is 10.3. The van der Waals surface area contributed by atoms with Gasteiger partial charge in [0, 0.05) is 89.1 Å². The largest absolute Gasteiger partial charge is 0.370 e. The van der Waals surface area contributed by atoms with Crippen molar-refractivity contribution >= 4 is 21.2 Å². The smallest absolute Gasteiger partial charge is 0.248 e. The topological polar surface area (TPSA) is 116 Å². The average molecular weight is 613 g/mol. The molecule has 2 fully saturated rings. The Morgan fingerprint density at radius 1 is 1.21 bits per heavy atom. The highest BCUT2D eigenvalue weighted by Crippen LogP contribution is 2.48. The van der Waals surface area contributed by atoms with Crippen LogP contribution in [0.5, 0.6) is 0 Å². The number of hydrogen-bond donors (Lipinski definition) is 1. The fourth-order valence-electron chi connectivity index (χ4n) is 5.98. The van der Waals surface area contributed by atoms with E-state index < -0.39 is 52.1 Å². The minimum atomic E-state index is -3.01. The molecule has 0 radical (unpaired) electrons. The Morgan fingerprint density at radius 3 is 2.53 bits per heavy atom. The Hall–Kier alpha value is -3.72. The zero-order chi connectivity index (χ0) is 30.9. The molecular weight excluding hydrogens is 577 g/mol. The molecule has 228 valence electrons. The molecular formula is C31H35F3N6O2S. The first kappa shape index (κ1) is 30.7. The number of benzene rings is 1. The fourth-order valence-corrected chi connectivity index (χ4v) is 7.22. The van der Waals surface area contributed by atoms with Crippen molar-refractivity contribution in [2.75, 3.05) is 29.5 Å². The van der Waals surface area contributed by atoms with Crippen LogP contribution in [0, 0.1) is 39.7 Å². The van der Waals surface area contributed by atoms with Crippen LogP contribution in [0.2, 0.25) is 0 Å². The molecule has 0 unspecified atom stereocenters. The number of aromatic nitrogens is 3. The number of halogens is 3. The van der Waals surface area contributed by atoms with Crippen LogP contribution in [0.3, 0.4) is 0 Å². The summed E-state index contributed by atoms with van der Waals surface area (Å²) in [6.07, 6.45) is 1.89. The van der Waals surface area contributed by atoms with Gasteiger partial charge in [-0.05, 0) is 42.2 Å². The van der Waals surface area contributed by atoms with Gasteiger partial charge in [-0.2, -0.15) is 10.4 Å². The van der Waals surface area contributed by atoms with E-state index in [4.69, 9.17) is 4.78 Å². The molecule has 1 aromatic carbocycles. The van der Waals surface area contributed by atoms with Crippen LogP contribution in [0.1, 0.15) is 51.1 Å². The number of nitrogens with zero attached hydrogens (tertiary/aromatic N) is 5. The highest BCUT2D eigenvalue weighted by molar-refractivity contribution is 7.92.